The Labute approximate surface area is 123 Å². The second kappa shape index (κ2) is 5.44. The number of nitro groups is 1. The van der Waals surface area contributed by atoms with E-state index in [9.17, 15) is 14.9 Å². The minimum atomic E-state index is -0.660. The van der Waals surface area contributed by atoms with Crippen LogP contribution in [0.2, 0.25) is 0 Å². The van der Waals surface area contributed by atoms with E-state index in [0.29, 0.717) is 6.42 Å². The van der Waals surface area contributed by atoms with Crippen molar-refractivity contribution in [1.82, 2.24) is 0 Å². The van der Waals surface area contributed by atoms with Crippen LogP contribution in [-0.2, 0) is 4.79 Å². The Morgan fingerprint density at radius 2 is 2.05 bits per heavy atom. The molecule has 114 valence electrons. The molecule has 0 bridgehead atoms. The van der Waals surface area contributed by atoms with Crippen molar-refractivity contribution in [3.05, 3.63) is 33.4 Å². The Bertz CT molecular complexity index is 600. The molecule has 2 rings (SSSR count). The van der Waals surface area contributed by atoms with Crippen LogP contribution in [0.15, 0.2) is 12.1 Å². The fourth-order valence-corrected chi connectivity index (χ4v) is 2.79. The van der Waals surface area contributed by atoms with Gasteiger partial charge in [-0.3, -0.25) is 14.9 Å². The molecule has 2 atom stereocenters. The van der Waals surface area contributed by atoms with Crippen LogP contribution in [0.25, 0.3) is 0 Å². The molecular formula is C15H21N3O3. The molecule has 0 saturated heterocycles. The van der Waals surface area contributed by atoms with Crippen LogP contribution < -0.4 is 11.1 Å². The summed E-state index contributed by atoms with van der Waals surface area (Å²) in [5, 5.41) is 13.9. The van der Waals surface area contributed by atoms with Crippen molar-refractivity contribution in [2.45, 2.75) is 46.1 Å². The van der Waals surface area contributed by atoms with Crippen molar-refractivity contribution in [3.63, 3.8) is 0 Å². The van der Waals surface area contributed by atoms with Gasteiger partial charge in [-0.25, -0.2) is 0 Å². The molecule has 0 aromatic heterocycles. The summed E-state index contributed by atoms with van der Waals surface area (Å²) in [6.07, 6.45) is 2.41. The smallest absolute Gasteiger partial charge is 0.293 e. The van der Waals surface area contributed by atoms with Crippen LogP contribution in [0.4, 0.5) is 11.4 Å². The van der Waals surface area contributed by atoms with E-state index in [1.165, 1.54) is 6.07 Å². The highest BCUT2D eigenvalue weighted by molar-refractivity contribution is 5.97. The Morgan fingerprint density at radius 1 is 1.43 bits per heavy atom. The lowest BCUT2D eigenvalue weighted by atomic mass is 9.84. The van der Waals surface area contributed by atoms with Crippen LogP contribution in [0.3, 0.4) is 0 Å². The van der Waals surface area contributed by atoms with Gasteiger partial charge in [-0.1, -0.05) is 6.42 Å². The normalized spacial score (nSPS) is 24.9. The molecular weight excluding hydrogens is 270 g/mol. The Kier molecular flexibility index (Phi) is 4.00. The zero-order chi connectivity index (χ0) is 15.8. The quantitative estimate of drug-likeness (QED) is 0.660. The minimum Gasteiger partial charge on any atom is -0.327 e. The Hall–Kier alpha value is -1.95. The summed E-state index contributed by atoms with van der Waals surface area (Å²) >= 11 is 0. The van der Waals surface area contributed by atoms with Gasteiger partial charge in [-0.15, -0.1) is 0 Å². The Balaban J connectivity index is 2.33. The SMILES string of the molecule is Cc1cc(NC(=O)C2(C)CCCC2N)c([N+](=O)[O-])cc1C. The molecule has 1 aromatic rings. The standard InChI is InChI=1S/C15H21N3O3/c1-9-7-11(12(18(20)21)8-10(9)2)17-14(19)15(3)6-4-5-13(15)16/h7-8,13H,4-6,16H2,1-3H3,(H,17,19). The fraction of sp³-hybridized carbons (Fsp3) is 0.533. The first-order valence-electron chi connectivity index (χ1n) is 7.08. The maximum Gasteiger partial charge on any atom is 0.293 e. The van der Waals surface area contributed by atoms with Crippen molar-refractivity contribution in [2.24, 2.45) is 11.1 Å². The van der Waals surface area contributed by atoms with Crippen molar-refractivity contribution in [2.75, 3.05) is 5.32 Å². The first-order valence-corrected chi connectivity index (χ1v) is 7.08. The molecule has 21 heavy (non-hydrogen) atoms. The van der Waals surface area contributed by atoms with Crippen LogP contribution in [0, 0.1) is 29.4 Å². The van der Waals surface area contributed by atoms with E-state index in [1.807, 2.05) is 20.8 Å². The lowest BCUT2D eigenvalue weighted by Gasteiger charge is -2.27. The van der Waals surface area contributed by atoms with Gasteiger partial charge in [0.25, 0.3) is 5.69 Å². The van der Waals surface area contributed by atoms with Crippen molar-refractivity contribution < 1.29 is 9.72 Å². The summed E-state index contributed by atoms with van der Waals surface area (Å²) in [4.78, 5) is 23.2. The van der Waals surface area contributed by atoms with Crippen LogP contribution >= 0.6 is 0 Å². The van der Waals surface area contributed by atoms with E-state index in [4.69, 9.17) is 5.73 Å². The number of carbonyl (C=O) groups is 1. The predicted octanol–water partition coefficient (Wildman–Crippen LogP) is 2.67. The summed E-state index contributed by atoms with van der Waals surface area (Å²) in [6, 6.07) is 2.93. The molecule has 1 aliphatic rings. The zero-order valence-electron chi connectivity index (χ0n) is 12.6. The number of benzene rings is 1. The monoisotopic (exact) mass is 291 g/mol. The van der Waals surface area contributed by atoms with Gasteiger partial charge in [0.1, 0.15) is 5.69 Å². The molecule has 1 fully saturated rings. The number of anilines is 1. The molecule has 0 heterocycles. The molecule has 1 aromatic carbocycles. The first-order chi connectivity index (χ1) is 9.75. The van der Waals surface area contributed by atoms with Crippen molar-refractivity contribution in [3.8, 4) is 0 Å². The summed E-state index contributed by atoms with van der Waals surface area (Å²) < 4.78 is 0. The van der Waals surface area contributed by atoms with E-state index >= 15 is 0 Å². The van der Waals surface area contributed by atoms with Crippen molar-refractivity contribution >= 4 is 17.3 Å². The number of hydrogen-bond donors (Lipinski definition) is 2. The third kappa shape index (κ3) is 2.76. The highest BCUT2D eigenvalue weighted by Gasteiger charge is 2.43. The highest BCUT2D eigenvalue weighted by Crippen LogP contribution is 2.38. The molecule has 2 unspecified atom stereocenters. The van der Waals surface area contributed by atoms with Gasteiger partial charge in [-0.05, 0) is 50.8 Å². The lowest BCUT2D eigenvalue weighted by molar-refractivity contribution is -0.384. The maximum absolute atomic E-state index is 12.5. The second-order valence-electron chi connectivity index (χ2n) is 6.08. The van der Waals surface area contributed by atoms with Crippen LogP contribution in [-0.4, -0.2) is 16.9 Å². The number of amides is 1. The molecule has 1 amide bonds. The fourth-order valence-electron chi connectivity index (χ4n) is 2.79. The number of nitro benzene ring substituents is 1. The van der Waals surface area contributed by atoms with Gasteiger partial charge in [0, 0.05) is 12.1 Å². The van der Waals surface area contributed by atoms with E-state index in [0.717, 1.165) is 24.0 Å². The predicted molar refractivity (Wildman–Crippen MR) is 81.1 cm³/mol. The molecule has 1 saturated carbocycles. The number of aryl methyl sites for hydroxylation is 2. The summed E-state index contributed by atoms with van der Waals surface area (Å²) in [7, 11) is 0. The van der Waals surface area contributed by atoms with Crippen LogP contribution in [0.5, 0.6) is 0 Å². The van der Waals surface area contributed by atoms with E-state index in [-0.39, 0.29) is 23.3 Å². The van der Waals surface area contributed by atoms with Gasteiger partial charge in [0.15, 0.2) is 0 Å². The first kappa shape index (κ1) is 15.4. The number of nitrogens with zero attached hydrogens (tertiary/aromatic N) is 1. The average Bonchev–Trinajstić information content (AvgIpc) is 2.74. The summed E-state index contributed by atoms with van der Waals surface area (Å²) in [5.41, 5.74) is 7.25. The molecule has 6 nitrogen and oxygen atoms in total. The second-order valence-corrected chi connectivity index (χ2v) is 6.08. The molecule has 0 radical (unpaired) electrons. The number of hydrogen-bond acceptors (Lipinski definition) is 4. The summed E-state index contributed by atoms with van der Waals surface area (Å²) in [6.45, 7) is 5.49. The van der Waals surface area contributed by atoms with Gasteiger partial charge in [0.05, 0.1) is 10.3 Å². The molecule has 3 N–H and O–H groups in total. The van der Waals surface area contributed by atoms with Gasteiger partial charge < -0.3 is 11.1 Å². The van der Waals surface area contributed by atoms with Crippen LogP contribution in [0.1, 0.15) is 37.3 Å². The van der Waals surface area contributed by atoms with Gasteiger partial charge in [0.2, 0.25) is 5.91 Å². The topological polar surface area (TPSA) is 98.3 Å². The van der Waals surface area contributed by atoms with E-state index in [1.54, 1.807) is 6.07 Å². The number of rotatable bonds is 3. The zero-order valence-corrected chi connectivity index (χ0v) is 12.6. The number of nitrogens with two attached hydrogens (primary N) is 1. The van der Waals surface area contributed by atoms with Gasteiger partial charge >= 0.3 is 0 Å². The van der Waals surface area contributed by atoms with E-state index < -0.39 is 10.3 Å². The molecule has 0 aliphatic heterocycles. The number of carbonyl (C=O) groups excluding carboxylic acids is 1. The third-order valence-corrected chi connectivity index (χ3v) is 4.61. The largest absolute Gasteiger partial charge is 0.327 e. The van der Waals surface area contributed by atoms with Crippen molar-refractivity contribution in [1.29, 1.82) is 0 Å². The highest BCUT2D eigenvalue weighted by atomic mass is 16.6. The molecule has 6 heteroatoms. The maximum atomic E-state index is 12.5. The molecule has 1 aliphatic carbocycles. The molecule has 0 spiro atoms. The van der Waals surface area contributed by atoms with Gasteiger partial charge in [-0.2, -0.15) is 0 Å². The minimum absolute atomic E-state index is 0.0818. The third-order valence-electron chi connectivity index (χ3n) is 4.61. The lowest BCUT2D eigenvalue weighted by Crippen LogP contribution is -2.44. The average molecular weight is 291 g/mol. The summed E-state index contributed by atoms with van der Waals surface area (Å²) in [5.74, 6) is -0.237. The number of nitrogens with one attached hydrogen (secondary N) is 1. The Morgan fingerprint density at radius 3 is 2.57 bits per heavy atom. The van der Waals surface area contributed by atoms with E-state index in [2.05, 4.69) is 5.32 Å².